The number of ether oxygens (including phenoxy) is 3. The number of carbonyl (C=O) groups excluding carboxylic acids is 1. The Balaban J connectivity index is 0.849. The normalized spacial score (nSPS) is 21.0. The first-order valence-electron chi connectivity index (χ1n) is 18.2. The van der Waals surface area contributed by atoms with E-state index in [1.165, 1.54) is 39.5 Å². The van der Waals surface area contributed by atoms with Crippen LogP contribution in [-0.2, 0) is 23.4 Å². The Labute approximate surface area is 308 Å². The fourth-order valence-electron chi connectivity index (χ4n) is 7.34. The molecule has 286 valence electrons. The zero-order chi connectivity index (χ0) is 37.5. The van der Waals surface area contributed by atoms with Crippen LogP contribution in [0.3, 0.4) is 0 Å². The highest BCUT2D eigenvalue weighted by Gasteiger charge is 2.48. The lowest BCUT2D eigenvalue weighted by Crippen LogP contribution is -2.36. The molecule has 1 fully saturated rings. The van der Waals surface area contributed by atoms with Crippen molar-refractivity contribution in [2.75, 3.05) is 25.5 Å². The van der Waals surface area contributed by atoms with E-state index in [-0.39, 0.29) is 24.2 Å². The molecule has 2 aromatic carbocycles. The van der Waals surface area contributed by atoms with Gasteiger partial charge >= 0.3 is 7.82 Å². The maximum absolute atomic E-state index is 12.5. The van der Waals surface area contributed by atoms with Gasteiger partial charge in [0.25, 0.3) is 0 Å². The highest BCUT2D eigenvalue weighted by atomic mass is 31.2. The zero-order valence-corrected chi connectivity index (χ0v) is 31.0. The molecule has 0 saturated carbocycles. The first kappa shape index (κ1) is 38.8. The number of aromatic nitrogens is 4. The lowest BCUT2D eigenvalue weighted by molar-refractivity contribution is -0.121. The minimum Gasteiger partial charge on any atom is -0.457 e. The predicted molar refractivity (Wildman–Crippen MR) is 196 cm³/mol. The molecule has 6 rings (SSSR count). The Hall–Kier alpha value is -3.95. The van der Waals surface area contributed by atoms with Gasteiger partial charge in [-0.15, -0.1) is 0 Å². The number of para-hydroxylation sites is 1. The van der Waals surface area contributed by atoms with E-state index in [1.54, 1.807) is 0 Å². The molecule has 0 aliphatic carbocycles. The van der Waals surface area contributed by atoms with Crippen molar-refractivity contribution in [3.63, 3.8) is 0 Å². The fourth-order valence-corrected chi connectivity index (χ4v) is 7.92. The van der Waals surface area contributed by atoms with Crippen molar-refractivity contribution >= 4 is 30.7 Å². The Morgan fingerprint density at radius 1 is 1.02 bits per heavy atom. The molecule has 0 spiro atoms. The molecule has 1 saturated heterocycles. The Bertz CT molecular complexity index is 1920. The average Bonchev–Trinajstić information content (AvgIpc) is 3.67. The number of aliphatic hydroxyl groups excluding tert-OH is 1. The maximum Gasteiger partial charge on any atom is 0.470 e. The second-order valence-corrected chi connectivity index (χ2v) is 15.0. The second-order valence-electron chi connectivity index (χ2n) is 13.8. The summed E-state index contributed by atoms with van der Waals surface area (Å²) < 4.78 is 36.0. The number of rotatable bonds is 18. The van der Waals surface area contributed by atoms with Crippen LogP contribution in [0, 0.1) is 13.8 Å². The molecule has 4 aromatic rings. The van der Waals surface area contributed by atoms with Crippen LogP contribution in [0.5, 0.6) is 11.5 Å². The van der Waals surface area contributed by atoms with Gasteiger partial charge in [-0.3, -0.25) is 13.9 Å². The van der Waals surface area contributed by atoms with Gasteiger partial charge in [0.05, 0.1) is 12.9 Å². The third-order valence-corrected chi connectivity index (χ3v) is 10.3. The van der Waals surface area contributed by atoms with Crippen LogP contribution in [0.4, 0.5) is 5.82 Å². The maximum atomic E-state index is 12.5. The molecule has 15 nitrogen and oxygen atoms in total. The summed E-state index contributed by atoms with van der Waals surface area (Å²) in [6.07, 6.45) is 5.44. The molecule has 1 unspecified atom stereocenters. The quantitative estimate of drug-likeness (QED) is 0.0642. The third kappa shape index (κ3) is 9.60. The van der Waals surface area contributed by atoms with Crippen LogP contribution < -0.4 is 15.8 Å². The van der Waals surface area contributed by atoms with Crippen molar-refractivity contribution in [3.05, 3.63) is 71.3 Å². The summed E-state index contributed by atoms with van der Waals surface area (Å²) in [5.74, 6) is 2.39. The van der Waals surface area contributed by atoms with Gasteiger partial charge in [-0.25, -0.2) is 19.5 Å². The molecule has 0 bridgehead atoms. The molecule has 53 heavy (non-hydrogen) atoms. The minimum atomic E-state index is -4.95. The number of nitrogens with zero attached hydrogens (tertiary/aromatic N) is 4. The molecule has 2 aliphatic rings. The number of aryl methyl sites for hydroxylation is 2. The molecule has 16 heteroatoms. The van der Waals surface area contributed by atoms with Crippen LogP contribution in [0.25, 0.3) is 11.2 Å². The largest absolute Gasteiger partial charge is 0.470 e. The molecular weight excluding hydrogens is 703 g/mol. The van der Waals surface area contributed by atoms with E-state index < -0.39 is 32.4 Å². The summed E-state index contributed by atoms with van der Waals surface area (Å²) >= 11 is 0. The molecule has 0 radical (unpaired) electrons. The van der Waals surface area contributed by atoms with Crippen LogP contribution in [-0.4, -0.2) is 78.4 Å². The summed E-state index contributed by atoms with van der Waals surface area (Å²) in [5.41, 5.74) is 11.4. The van der Waals surface area contributed by atoms with Crippen molar-refractivity contribution in [2.24, 2.45) is 0 Å². The number of unbranched alkanes of at least 4 members (excludes halogenated alkanes) is 5. The number of benzene rings is 2. The highest BCUT2D eigenvalue weighted by molar-refractivity contribution is 7.46. The van der Waals surface area contributed by atoms with E-state index in [9.17, 15) is 24.3 Å². The summed E-state index contributed by atoms with van der Waals surface area (Å²) in [6.45, 7) is 5.18. The SMILES string of the molecule is Cc1cc(C)c2c(c1)Oc1ccccc1C2CCCCCC(=O)NCCCCCCOC[C@H]1O[C@@H](n2cnc3c(N)ncnc32)[C@H](O)[C@@H]1OP(=O)(O)O. The average molecular weight is 753 g/mol. The molecule has 5 atom stereocenters. The first-order valence-corrected chi connectivity index (χ1v) is 19.8. The summed E-state index contributed by atoms with van der Waals surface area (Å²) in [4.78, 5) is 43.6. The summed E-state index contributed by atoms with van der Waals surface area (Å²) in [6, 6.07) is 12.6. The van der Waals surface area contributed by atoms with E-state index >= 15 is 0 Å². The highest BCUT2D eigenvalue weighted by Crippen LogP contribution is 2.48. The molecule has 1 amide bonds. The first-order chi connectivity index (χ1) is 25.5. The zero-order valence-electron chi connectivity index (χ0n) is 30.1. The van der Waals surface area contributed by atoms with Gasteiger partial charge in [0.15, 0.2) is 17.7 Å². The van der Waals surface area contributed by atoms with E-state index in [1.807, 2.05) is 12.1 Å². The lowest BCUT2D eigenvalue weighted by atomic mass is 9.81. The molecule has 2 aliphatic heterocycles. The van der Waals surface area contributed by atoms with Crippen molar-refractivity contribution < 1.29 is 43.0 Å². The fraction of sp³-hybridized carbons (Fsp3) is 0.514. The standard InChI is InChI=1S/C37H49N6O9P/c1-23-18-24(2)31-26(25-12-8-9-14-27(25)50-28(31)19-23)13-6-5-7-15-30(44)39-16-10-3-4-11-17-49-20-29-34(52-53(46,47)48)33(45)37(51-29)43-22-42-32-35(38)40-21-41-36(32)43/h8-9,12,14,18-19,21-22,26,29,33-34,37,45H,3-7,10-11,13,15-17,20H2,1-2H3,(H,39,44)(H2,38,40,41)(H2,46,47,48)/t26?,29-,33-,34-,37-/m1/s1. The molecule has 4 heterocycles. The van der Waals surface area contributed by atoms with Gasteiger partial charge in [0.2, 0.25) is 5.91 Å². The van der Waals surface area contributed by atoms with Gasteiger partial charge < -0.3 is 40.2 Å². The van der Waals surface area contributed by atoms with Gasteiger partial charge in [0, 0.05) is 36.6 Å². The van der Waals surface area contributed by atoms with Crippen LogP contribution in [0.15, 0.2) is 49.1 Å². The van der Waals surface area contributed by atoms with Gasteiger partial charge in [-0.1, -0.05) is 49.9 Å². The van der Waals surface area contributed by atoms with Crippen LogP contribution in [0.2, 0.25) is 0 Å². The number of amides is 1. The Morgan fingerprint density at radius 3 is 2.64 bits per heavy atom. The number of fused-ring (bicyclic) bond motifs is 3. The number of phosphoric acid groups is 1. The number of aliphatic hydroxyl groups is 1. The topological polar surface area (TPSA) is 213 Å². The monoisotopic (exact) mass is 752 g/mol. The van der Waals surface area contributed by atoms with Crippen molar-refractivity contribution in [1.29, 1.82) is 0 Å². The minimum absolute atomic E-state index is 0.0625. The molecule has 2 aromatic heterocycles. The van der Waals surface area contributed by atoms with E-state index in [4.69, 9.17) is 24.5 Å². The number of phosphoric ester groups is 1. The number of nitrogen functional groups attached to an aromatic ring is 1. The number of carbonyl (C=O) groups is 1. The second kappa shape index (κ2) is 17.5. The lowest BCUT2D eigenvalue weighted by Gasteiger charge is -2.30. The van der Waals surface area contributed by atoms with E-state index in [0.29, 0.717) is 30.7 Å². The molecular formula is C37H49N6O9P. The number of hydrogen-bond donors (Lipinski definition) is 5. The number of hydrogen-bond acceptors (Lipinski definition) is 11. The van der Waals surface area contributed by atoms with E-state index in [0.717, 1.165) is 62.9 Å². The van der Waals surface area contributed by atoms with Crippen molar-refractivity contribution in [2.45, 2.75) is 102 Å². The van der Waals surface area contributed by atoms with Crippen LogP contribution >= 0.6 is 7.82 Å². The summed E-state index contributed by atoms with van der Waals surface area (Å²) in [5, 5.41) is 14.0. The number of imidazole rings is 1. The smallest absolute Gasteiger partial charge is 0.457 e. The third-order valence-electron chi connectivity index (χ3n) is 9.80. The Kier molecular flexibility index (Phi) is 12.8. The van der Waals surface area contributed by atoms with Crippen molar-refractivity contribution in [3.8, 4) is 11.5 Å². The van der Waals surface area contributed by atoms with Gasteiger partial charge in [-0.2, -0.15) is 0 Å². The van der Waals surface area contributed by atoms with Crippen LogP contribution in [0.1, 0.15) is 92.2 Å². The number of anilines is 1. The van der Waals surface area contributed by atoms with Gasteiger partial charge in [-0.05, 0) is 62.8 Å². The van der Waals surface area contributed by atoms with Gasteiger partial charge in [0.1, 0.15) is 41.7 Å². The number of nitrogens with two attached hydrogens (primary N) is 1. The summed E-state index contributed by atoms with van der Waals surface area (Å²) in [7, 11) is -4.95. The molecule has 6 N–H and O–H groups in total. The predicted octanol–water partition coefficient (Wildman–Crippen LogP) is 5.34. The van der Waals surface area contributed by atoms with Crippen molar-refractivity contribution in [1.82, 2.24) is 24.8 Å². The van der Waals surface area contributed by atoms with E-state index in [2.05, 4.69) is 58.4 Å². The Morgan fingerprint density at radius 2 is 1.81 bits per heavy atom. The number of nitrogens with one attached hydrogen (secondary N) is 1.